The molecule has 0 saturated heterocycles. The average Bonchev–Trinajstić information content (AvgIpc) is 2.83. The highest BCUT2D eigenvalue weighted by Crippen LogP contribution is 2.43. The van der Waals surface area contributed by atoms with Gasteiger partial charge < -0.3 is 10.2 Å². The molecule has 0 spiro atoms. The van der Waals surface area contributed by atoms with Crippen LogP contribution in [0.1, 0.15) is 47.3 Å². The molecule has 35 heavy (non-hydrogen) atoms. The van der Waals surface area contributed by atoms with Crippen LogP contribution in [0.3, 0.4) is 0 Å². The molecule has 3 aromatic rings. The number of aliphatic hydroxyl groups excluding tert-OH is 1. The number of carbonyl (C=O) groups excluding carboxylic acids is 1. The number of carbonyl (C=O) groups is 1. The molecule has 0 radical (unpaired) electrons. The van der Waals surface area contributed by atoms with Crippen molar-refractivity contribution >= 4 is 5.78 Å². The molecule has 1 aliphatic carbocycles. The summed E-state index contributed by atoms with van der Waals surface area (Å²) in [6, 6.07) is 6.86. The molecular weight excluding hydrogens is 464 g/mol. The predicted octanol–water partition coefficient (Wildman–Crippen LogP) is 4.56. The van der Waals surface area contributed by atoms with E-state index in [9.17, 15) is 32.6 Å². The van der Waals surface area contributed by atoms with Crippen LogP contribution in [0.4, 0.5) is 17.6 Å². The van der Waals surface area contributed by atoms with Crippen LogP contribution in [-0.2, 0) is 6.42 Å². The van der Waals surface area contributed by atoms with E-state index in [2.05, 4.69) is 9.97 Å². The smallest absolute Gasteiger partial charge is 0.185 e. The monoisotopic (exact) mass is 488 g/mol. The summed E-state index contributed by atoms with van der Waals surface area (Å²) in [5.74, 6) is -4.31. The van der Waals surface area contributed by atoms with Gasteiger partial charge in [-0.15, -0.1) is 0 Å². The number of ketones is 1. The van der Waals surface area contributed by atoms with Gasteiger partial charge in [0.15, 0.2) is 5.78 Å². The minimum absolute atomic E-state index is 0.0987. The fourth-order valence-electron chi connectivity index (χ4n) is 4.75. The fraction of sp³-hybridized carbons (Fsp3) is 0.346. The van der Waals surface area contributed by atoms with Gasteiger partial charge in [-0.05, 0) is 66.1 Å². The normalized spacial score (nSPS) is 24.4. The minimum Gasteiger partial charge on any atom is -0.390 e. The molecule has 2 aromatic heterocycles. The van der Waals surface area contributed by atoms with Gasteiger partial charge in [-0.25, -0.2) is 22.5 Å². The Morgan fingerprint density at radius 1 is 1.09 bits per heavy atom. The number of Topliss-reactive ketones (excluding diaryl/α,β-unsaturated/α-hetero) is 1. The highest BCUT2D eigenvalue weighted by Gasteiger charge is 2.47. The van der Waals surface area contributed by atoms with E-state index in [-0.39, 0.29) is 24.5 Å². The molecule has 1 aromatic carbocycles. The Morgan fingerprint density at radius 3 is 2.46 bits per heavy atom. The SMILES string of the molecule is C[C@@H]1C[C@H](c2ccncc2CC(=O)c2ccc(F)c(-c3c(F)cccc3F)n2)C[C@H](O)[C@]1(O)CF. The van der Waals surface area contributed by atoms with Crippen molar-refractivity contribution in [1.29, 1.82) is 0 Å². The maximum absolute atomic E-state index is 14.4. The number of nitrogens with zero attached hydrogens (tertiary/aromatic N) is 2. The number of benzene rings is 1. The van der Waals surface area contributed by atoms with Crippen molar-refractivity contribution in [2.24, 2.45) is 5.92 Å². The molecular formula is C26H24F4N2O3. The van der Waals surface area contributed by atoms with Crippen molar-refractivity contribution in [2.75, 3.05) is 6.67 Å². The molecule has 0 unspecified atom stereocenters. The van der Waals surface area contributed by atoms with Crippen LogP contribution < -0.4 is 0 Å². The number of halogens is 4. The zero-order valence-corrected chi connectivity index (χ0v) is 18.9. The van der Waals surface area contributed by atoms with Crippen LogP contribution in [0.15, 0.2) is 48.8 Å². The van der Waals surface area contributed by atoms with Gasteiger partial charge in [0.2, 0.25) is 0 Å². The lowest BCUT2D eigenvalue weighted by atomic mass is 9.68. The number of hydrogen-bond acceptors (Lipinski definition) is 5. The van der Waals surface area contributed by atoms with E-state index in [4.69, 9.17) is 0 Å². The second-order valence-electron chi connectivity index (χ2n) is 9.01. The van der Waals surface area contributed by atoms with Crippen molar-refractivity contribution in [1.82, 2.24) is 9.97 Å². The largest absolute Gasteiger partial charge is 0.390 e. The molecule has 9 heteroatoms. The highest BCUT2D eigenvalue weighted by molar-refractivity contribution is 5.96. The predicted molar refractivity (Wildman–Crippen MR) is 120 cm³/mol. The van der Waals surface area contributed by atoms with Crippen LogP contribution in [-0.4, -0.2) is 44.3 Å². The van der Waals surface area contributed by atoms with Gasteiger partial charge in [0.25, 0.3) is 0 Å². The molecule has 1 aliphatic rings. The number of aliphatic hydroxyl groups is 2. The first-order valence-corrected chi connectivity index (χ1v) is 11.2. The van der Waals surface area contributed by atoms with Crippen LogP contribution in [0.25, 0.3) is 11.3 Å². The van der Waals surface area contributed by atoms with E-state index in [0.29, 0.717) is 17.5 Å². The first-order valence-electron chi connectivity index (χ1n) is 11.2. The maximum Gasteiger partial charge on any atom is 0.185 e. The molecule has 0 amide bonds. The molecule has 4 atom stereocenters. The van der Waals surface area contributed by atoms with Gasteiger partial charge in [-0.3, -0.25) is 9.78 Å². The third-order valence-corrected chi connectivity index (χ3v) is 6.85. The third kappa shape index (κ3) is 4.70. The van der Waals surface area contributed by atoms with Gasteiger partial charge in [-0.1, -0.05) is 13.0 Å². The summed E-state index contributed by atoms with van der Waals surface area (Å²) < 4.78 is 56.2. The van der Waals surface area contributed by atoms with Crippen LogP contribution >= 0.6 is 0 Å². The second-order valence-corrected chi connectivity index (χ2v) is 9.01. The highest BCUT2D eigenvalue weighted by atomic mass is 19.1. The summed E-state index contributed by atoms with van der Waals surface area (Å²) in [6.45, 7) is 0.595. The lowest BCUT2D eigenvalue weighted by Gasteiger charge is -2.44. The van der Waals surface area contributed by atoms with E-state index in [1.54, 1.807) is 13.0 Å². The molecule has 2 N–H and O–H groups in total. The quantitative estimate of drug-likeness (QED) is 0.393. The van der Waals surface area contributed by atoms with E-state index in [1.807, 2.05) is 0 Å². The first-order chi connectivity index (χ1) is 16.7. The molecule has 1 saturated carbocycles. The minimum atomic E-state index is -1.82. The Hall–Kier alpha value is -3.17. The van der Waals surface area contributed by atoms with Gasteiger partial charge in [0.1, 0.15) is 41.1 Å². The lowest BCUT2D eigenvalue weighted by molar-refractivity contribution is -0.146. The molecule has 5 nitrogen and oxygen atoms in total. The van der Waals surface area contributed by atoms with Crippen molar-refractivity contribution in [3.05, 3.63) is 83.1 Å². The van der Waals surface area contributed by atoms with E-state index >= 15 is 0 Å². The van der Waals surface area contributed by atoms with E-state index < -0.39 is 58.8 Å². The molecule has 2 heterocycles. The number of rotatable bonds is 6. The Balaban J connectivity index is 1.62. The Labute approximate surface area is 199 Å². The zero-order chi connectivity index (χ0) is 25.3. The summed E-state index contributed by atoms with van der Waals surface area (Å²) in [5, 5.41) is 20.9. The number of pyridine rings is 2. The summed E-state index contributed by atoms with van der Waals surface area (Å²) in [4.78, 5) is 21.0. The van der Waals surface area contributed by atoms with Gasteiger partial charge >= 0.3 is 0 Å². The fourth-order valence-corrected chi connectivity index (χ4v) is 4.75. The van der Waals surface area contributed by atoms with E-state index in [0.717, 1.165) is 30.3 Å². The van der Waals surface area contributed by atoms with Gasteiger partial charge in [0, 0.05) is 18.8 Å². The van der Waals surface area contributed by atoms with Crippen molar-refractivity contribution < 1.29 is 32.6 Å². The topological polar surface area (TPSA) is 83.3 Å². The Bertz CT molecular complexity index is 1220. The van der Waals surface area contributed by atoms with Crippen molar-refractivity contribution in [3.8, 4) is 11.3 Å². The summed E-state index contributed by atoms with van der Waals surface area (Å²) in [7, 11) is 0. The summed E-state index contributed by atoms with van der Waals surface area (Å²) in [6.07, 6.45) is 2.03. The van der Waals surface area contributed by atoms with Gasteiger partial charge in [0.05, 0.1) is 11.7 Å². The van der Waals surface area contributed by atoms with E-state index in [1.165, 1.54) is 12.4 Å². The van der Waals surface area contributed by atoms with Crippen LogP contribution in [0.5, 0.6) is 0 Å². The Morgan fingerprint density at radius 2 is 1.80 bits per heavy atom. The van der Waals surface area contributed by atoms with Crippen LogP contribution in [0.2, 0.25) is 0 Å². The molecule has 0 bridgehead atoms. The molecule has 4 rings (SSSR count). The van der Waals surface area contributed by atoms with Crippen molar-refractivity contribution in [3.63, 3.8) is 0 Å². The number of hydrogen-bond donors (Lipinski definition) is 2. The van der Waals surface area contributed by atoms with Gasteiger partial charge in [-0.2, -0.15) is 0 Å². The second kappa shape index (κ2) is 9.83. The standard InChI is InChI=1S/C26H24F4N2O3/c1-14-9-15(11-23(34)26(14,35)13-27)17-7-8-31-12-16(17)10-22(33)21-6-5-20(30)25(32-21)24-18(28)3-2-4-19(24)29/h2-8,12,14-15,23,34-35H,9-11,13H2,1H3/t14-,15+,23+,26+/m1/s1. The lowest BCUT2D eigenvalue weighted by Crippen LogP contribution is -2.54. The number of alkyl halides is 1. The Kier molecular flexibility index (Phi) is 7.00. The summed E-state index contributed by atoms with van der Waals surface area (Å²) in [5.41, 5.74) is -2.03. The molecule has 1 fully saturated rings. The van der Waals surface area contributed by atoms with Crippen molar-refractivity contribution in [2.45, 2.75) is 43.8 Å². The molecule has 0 aliphatic heterocycles. The average molecular weight is 488 g/mol. The third-order valence-electron chi connectivity index (χ3n) is 6.85. The number of aromatic nitrogens is 2. The zero-order valence-electron chi connectivity index (χ0n) is 18.9. The van der Waals surface area contributed by atoms with Crippen LogP contribution in [0, 0.1) is 23.4 Å². The molecule has 184 valence electrons. The summed E-state index contributed by atoms with van der Waals surface area (Å²) >= 11 is 0. The first kappa shape index (κ1) is 24.9. The maximum atomic E-state index is 14.4.